The molecule has 1 aliphatic rings. The molecule has 1 aromatic rings. The second-order valence-corrected chi connectivity index (χ2v) is 5.27. The fourth-order valence-corrected chi connectivity index (χ4v) is 2.43. The lowest BCUT2D eigenvalue weighted by Gasteiger charge is -2.31. The Morgan fingerprint density at radius 2 is 2.05 bits per heavy atom. The van der Waals surface area contributed by atoms with Crippen LogP contribution in [-0.4, -0.2) is 35.0 Å². The van der Waals surface area contributed by atoms with Crippen LogP contribution in [0.25, 0.3) is 0 Å². The van der Waals surface area contributed by atoms with Gasteiger partial charge in [-0.25, -0.2) is 0 Å². The van der Waals surface area contributed by atoms with E-state index in [0.717, 1.165) is 18.5 Å². The molecule has 104 valence electrons. The van der Waals surface area contributed by atoms with E-state index in [1.54, 1.807) is 15.7 Å². The van der Waals surface area contributed by atoms with E-state index in [2.05, 4.69) is 0 Å². The van der Waals surface area contributed by atoms with Crippen LogP contribution in [0.5, 0.6) is 0 Å². The predicted molar refractivity (Wildman–Crippen MR) is 74.1 cm³/mol. The molecule has 1 saturated heterocycles. The van der Waals surface area contributed by atoms with Gasteiger partial charge in [0.2, 0.25) is 0 Å². The summed E-state index contributed by atoms with van der Waals surface area (Å²) in [5.41, 5.74) is 6.56. The summed E-state index contributed by atoms with van der Waals surface area (Å²) in [6.45, 7) is 3.91. The SMILES string of the molecule is Cc1cc(=O)c(C(=O)N2CCC(CN)CC2)cn1C. The zero-order valence-electron chi connectivity index (χ0n) is 11.6. The highest BCUT2D eigenvalue weighted by atomic mass is 16.2. The van der Waals surface area contributed by atoms with Gasteiger partial charge >= 0.3 is 0 Å². The molecule has 0 radical (unpaired) electrons. The summed E-state index contributed by atoms with van der Waals surface area (Å²) in [6, 6.07) is 1.51. The fraction of sp³-hybridized carbons (Fsp3) is 0.571. The molecule has 1 aromatic heterocycles. The summed E-state index contributed by atoms with van der Waals surface area (Å²) >= 11 is 0. The lowest BCUT2D eigenvalue weighted by atomic mass is 9.97. The molecule has 0 saturated carbocycles. The summed E-state index contributed by atoms with van der Waals surface area (Å²) < 4.78 is 1.81. The quantitative estimate of drug-likeness (QED) is 0.845. The third-order valence-electron chi connectivity index (χ3n) is 3.95. The molecular weight excluding hydrogens is 242 g/mol. The van der Waals surface area contributed by atoms with Gasteiger partial charge in [0.05, 0.1) is 0 Å². The number of aromatic nitrogens is 1. The molecule has 19 heavy (non-hydrogen) atoms. The Bertz CT molecular complexity index is 528. The summed E-state index contributed by atoms with van der Waals surface area (Å²) in [6.07, 6.45) is 3.48. The molecule has 2 rings (SSSR count). The predicted octanol–water partition coefficient (Wildman–Crippen LogP) is 0.505. The normalized spacial score (nSPS) is 16.7. The number of hydrogen-bond acceptors (Lipinski definition) is 3. The minimum absolute atomic E-state index is 0.156. The van der Waals surface area contributed by atoms with Crippen LogP contribution in [0.1, 0.15) is 28.9 Å². The van der Waals surface area contributed by atoms with Crippen LogP contribution in [-0.2, 0) is 7.05 Å². The van der Waals surface area contributed by atoms with Crippen molar-refractivity contribution in [3.63, 3.8) is 0 Å². The maximum absolute atomic E-state index is 12.4. The molecule has 1 amide bonds. The Labute approximate surface area is 113 Å². The van der Waals surface area contributed by atoms with Gasteiger partial charge in [-0.05, 0) is 32.2 Å². The summed E-state index contributed by atoms with van der Waals surface area (Å²) in [7, 11) is 1.84. The molecule has 5 nitrogen and oxygen atoms in total. The molecule has 1 aliphatic heterocycles. The second-order valence-electron chi connectivity index (χ2n) is 5.27. The number of pyridine rings is 1. The first-order chi connectivity index (χ1) is 9.02. The van der Waals surface area contributed by atoms with Gasteiger partial charge in [-0.2, -0.15) is 0 Å². The Morgan fingerprint density at radius 1 is 1.42 bits per heavy atom. The molecule has 0 atom stereocenters. The number of likely N-dealkylation sites (tertiary alicyclic amines) is 1. The summed E-state index contributed by atoms with van der Waals surface area (Å²) in [4.78, 5) is 26.0. The zero-order valence-corrected chi connectivity index (χ0v) is 11.6. The van der Waals surface area contributed by atoms with E-state index in [1.807, 2.05) is 14.0 Å². The van der Waals surface area contributed by atoms with E-state index in [-0.39, 0.29) is 16.9 Å². The highest BCUT2D eigenvalue weighted by Crippen LogP contribution is 2.17. The Kier molecular flexibility index (Phi) is 4.04. The van der Waals surface area contributed by atoms with Gasteiger partial charge in [-0.1, -0.05) is 0 Å². The van der Waals surface area contributed by atoms with E-state index >= 15 is 0 Å². The van der Waals surface area contributed by atoms with E-state index in [4.69, 9.17) is 5.73 Å². The Balaban J connectivity index is 2.17. The minimum Gasteiger partial charge on any atom is -0.354 e. The number of hydrogen-bond donors (Lipinski definition) is 1. The Hall–Kier alpha value is -1.62. The third kappa shape index (κ3) is 2.87. The number of amides is 1. The van der Waals surface area contributed by atoms with Crippen LogP contribution in [0.15, 0.2) is 17.1 Å². The van der Waals surface area contributed by atoms with Crippen LogP contribution in [0.3, 0.4) is 0 Å². The van der Waals surface area contributed by atoms with Crippen molar-refractivity contribution in [1.29, 1.82) is 0 Å². The molecule has 5 heteroatoms. The molecule has 2 N–H and O–H groups in total. The monoisotopic (exact) mass is 263 g/mol. The van der Waals surface area contributed by atoms with Gasteiger partial charge in [0.1, 0.15) is 5.56 Å². The van der Waals surface area contributed by atoms with Crippen molar-refractivity contribution in [2.75, 3.05) is 19.6 Å². The number of rotatable bonds is 2. The highest BCUT2D eigenvalue weighted by molar-refractivity contribution is 5.93. The van der Waals surface area contributed by atoms with Crippen molar-refractivity contribution in [2.45, 2.75) is 19.8 Å². The molecule has 2 heterocycles. The van der Waals surface area contributed by atoms with Crippen LogP contribution in [0.4, 0.5) is 0 Å². The van der Waals surface area contributed by atoms with Gasteiger partial charge in [-0.3, -0.25) is 9.59 Å². The van der Waals surface area contributed by atoms with Crippen LogP contribution in [0.2, 0.25) is 0 Å². The smallest absolute Gasteiger partial charge is 0.259 e. The van der Waals surface area contributed by atoms with Crippen molar-refractivity contribution in [3.05, 3.63) is 33.7 Å². The fourth-order valence-electron chi connectivity index (χ4n) is 2.43. The number of carbonyl (C=O) groups is 1. The Morgan fingerprint density at radius 3 is 2.63 bits per heavy atom. The van der Waals surface area contributed by atoms with Crippen molar-refractivity contribution < 1.29 is 4.79 Å². The maximum atomic E-state index is 12.4. The average Bonchev–Trinajstić information content (AvgIpc) is 2.42. The first-order valence-electron chi connectivity index (χ1n) is 6.69. The van der Waals surface area contributed by atoms with E-state index in [9.17, 15) is 9.59 Å². The van der Waals surface area contributed by atoms with Crippen LogP contribution < -0.4 is 11.2 Å². The lowest BCUT2D eigenvalue weighted by Crippen LogP contribution is -2.41. The average molecular weight is 263 g/mol. The molecule has 0 aliphatic carbocycles. The molecule has 0 aromatic carbocycles. The van der Waals surface area contributed by atoms with Gasteiger partial charge in [0, 0.05) is 38.1 Å². The first kappa shape index (κ1) is 13.8. The van der Waals surface area contributed by atoms with Gasteiger partial charge in [-0.15, -0.1) is 0 Å². The summed E-state index contributed by atoms with van der Waals surface area (Å²) in [5, 5.41) is 0. The van der Waals surface area contributed by atoms with E-state index in [1.165, 1.54) is 6.07 Å². The first-order valence-corrected chi connectivity index (χ1v) is 6.69. The number of nitrogens with two attached hydrogens (primary N) is 1. The summed E-state index contributed by atoms with van der Waals surface area (Å²) in [5.74, 6) is 0.348. The lowest BCUT2D eigenvalue weighted by molar-refractivity contribution is 0.0691. The molecule has 0 bridgehead atoms. The number of nitrogens with zero attached hydrogens (tertiary/aromatic N) is 2. The topological polar surface area (TPSA) is 68.3 Å². The maximum Gasteiger partial charge on any atom is 0.259 e. The standard InChI is InChI=1S/C14H21N3O2/c1-10-7-13(18)12(9-16(10)2)14(19)17-5-3-11(8-15)4-6-17/h7,9,11H,3-6,8,15H2,1-2H3. The van der Waals surface area contributed by atoms with Crippen LogP contribution in [0, 0.1) is 12.8 Å². The molecular formula is C14H21N3O2. The number of piperidine rings is 1. The zero-order chi connectivity index (χ0) is 14.0. The van der Waals surface area contributed by atoms with Gasteiger partial charge < -0.3 is 15.2 Å². The van der Waals surface area contributed by atoms with E-state index in [0.29, 0.717) is 25.6 Å². The third-order valence-corrected chi connectivity index (χ3v) is 3.95. The van der Waals surface area contributed by atoms with Crippen LogP contribution >= 0.6 is 0 Å². The van der Waals surface area contributed by atoms with Crippen molar-refractivity contribution in [1.82, 2.24) is 9.47 Å². The van der Waals surface area contributed by atoms with Gasteiger partial charge in [0.25, 0.3) is 5.91 Å². The molecule has 0 unspecified atom stereocenters. The number of carbonyl (C=O) groups excluding carboxylic acids is 1. The molecule has 0 spiro atoms. The highest BCUT2D eigenvalue weighted by Gasteiger charge is 2.24. The largest absolute Gasteiger partial charge is 0.354 e. The van der Waals surface area contributed by atoms with Gasteiger partial charge in [0.15, 0.2) is 5.43 Å². The molecule has 1 fully saturated rings. The van der Waals surface area contributed by atoms with Crippen molar-refractivity contribution in [3.8, 4) is 0 Å². The van der Waals surface area contributed by atoms with E-state index < -0.39 is 0 Å². The van der Waals surface area contributed by atoms with Crippen molar-refractivity contribution in [2.24, 2.45) is 18.7 Å². The number of aryl methyl sites for hydroxylation is 2. The van der Waals surface area contributed by atoms with Crippen molar-refractivity contribution >= 4 is 5.91 Å². The minimum atomic E-state index is -0.193. The second kappa shape index (κ2) is 5.57.